The molecule has 2 aliphatic rings. The maximum absolute atomic E-state index is 12.3. The maximum Gasteiger partial charge on any atom is 0.318 e. The second-order valence-corrected chi connectivity index (χ2v) is 5.10. The van der Waals surface area contributed by atoms with Gasteiger partial charge in [-0.25, -0.2) is 0 Å². The normalized spacial score (nSPS) is 31.8. The second kappa shape index (κ2) is 5.97. The molecule has 3 atom stereocenters. The van der Waals surface area contributed by atoms with Gasteiger partial charge in [0.2, 0.25) is 13.0 Å². The molecule has 2 heterocycles. The van der Waals surface area contributed by atoms with E-state index >= 15 is 0 Å². The number of carbonyl (C=O) groups excluding carboxylic acids is 2. The van der Waals surface area contributed by atoms with Gasteiger partial charge in [-0.2, -0.15) is 0 Å². The quantitative estimate of drug-likeness (QED) is 0.238. The van der Waals surface area contributed by atoms with Gasteiger partial charge < -0.3 is 13.8 Å². The van der Waals surface area contributed by atoms with Crippen molar-refractivity contribution in [2.24, 2.45) is 5.92 Å². The first-order chi connectivity index (χ1) is 9.19. The van der Waals surface area contributed by atoms with Gasteiger partial charge in [-0.05, 0) is 27.0 Å². The van der Waals surface area contributed by atoms with Crippen LogP contribution in [0.5, 0.6) is 0 Å². The molecule has 0 N–H and O–H groups in total. The minimum absolute atomic E-state index is 0.00774. The van der Waals surface area contributed by atoms with E-state index in [0.29, 0.717) is 13.0 Å². The highest BCUT2D eigenvalue weighted by Crippen LogP contribution is 2.35. The Labute approximate surface area is 113 Å². The topological polar surface area (TPSA) is 55.8 Å². The summed E-state index contributed by atoms with van der Waals surface area (Å²) in [6.07, 6.45) is 3.41. The summed E-state index contributed by atoms with van der Waals surface area (Å²) in [5, 5.41) is 0. The van der Waals surface area contributed by atoms with Crippen molar-refractivity contribution in [2.45, 2.75) is 37.8 Å². The predicted molar refractivity (Wildman–Crippen MR) is 69.1 cm³/mol. The Hall–Kier alpha value is -0.685. The number of rotatable bonds is 5. The Bertz CT molecular complexity index is 360. The highest BCUT2D eigenvalue weighted by atomic mass is 32.2. The van der Waals surface area contributed by atoms with Gasteiger partial charge in [-0.3, -0.25) is 9.59 Å². The number of methoxy groups -OCH3 is 1. The second-order valence-electron chi connectivity index (χ2n) is 4.68. The summed E-state index contributed by atoms with van der Waals surface area (Å²) in [7, 11) is 2.43. The number of ether oxygens (including phenoxy) is 1. The molecule has 1 amide bonds. The fourth-order valence-electron chi connectivity index (χ4n) is 2.93. The standard InChI is InChI=1S/C11H17BNO4S/c1-16-11(15)9-5-7-3-2-4-8(6-17-18-12)13(7)10(9)14/h7-9,12H,2-6H2,1H3/t7-,8-,9?/m1/s1/i12T. The van der Waals surface area contributed by atoms with Crippen LogP contribution in [0.1, 0.15) is 25.7 Å². The van der Waals surface area contributed by atoms with Crippen molar-refractivity contribution < 1.29 is 18.5 Å². The fraction of sp³-hybridized carbons (Fsp3) is 0.818. The molecule has 5 nitrogen and oxygen atoms in total. The smallest absolute Gasteiger partial charge is 0.318 e. The number of hydrogen-bond acceptors (Lipinski definition) is 5. The summed E-state index contributed by atoms with van der Waals surface area (Å²) < 4.78 is 16.8. The van der Waals surface area contributed by atoms with Crippen molar-refractivity contribution in [1.29, 1.82) is 1.34 Å². The van der Waals surface area contributed by atoms with Crippen LogP contribution in [0.15, 0.2) is 0 Å². The summed E-state index contributed by atoms with van der Waals surface area (Å²) >= 11 is 0.961. The highest BCUT2D eigenvalue weighted by molar-refractivity contribution is 8.15. The molecule has 2 saturated heterocycles. The van der Waals surface area contributed by atoms with Gasteiger partial charge in [0.25, 0.3) is 0 Å². The lowest BCUT2D eigenvalue weighted by atomic mass is 9.96. The van der Waals surface area contributed by atoms with Crippen LogP contribution >= 0.6 is 11.9 Å². The molecule has 2 rings (SSSR count). The monoisotopic (exact) mass is 272 g/mol. The number of amides is 1. The van der Waals surface area contributed by atoms with Crippen molar-refractivity contribution in [3.8, 4) is 0 Å². The first-order valence-electron chi connectivity index (χ1n) is 6.65. The number of piperidine rings is 1. The van der Waals surface area contributed by atoms with Gasteiger partial charge in [-0.15, -0.1) is 0 Å². The minimum Gasteiger partial charge on any atom is -0.468 e. The molecule has 0 saturated carbocycles. The lowest BCUT2D eigenvalue weighted by Gasteiger charge is -2.37. The zero-order valence-corrected chi connectivity index (χ0v) is 11.1. The highest BCUT2D eigenvalue weighted by Gasteiger charge is 2.48. The lowest BCUT2D eigenvalue weighted by molar-refractivity contribution is -0.151. The van der Waals surface area contributed by atoms with Crippen LogP contribution in [-0.4, -0.2) is 51.0 Å². The van der Waals surface area contributed by atoms with Crippen LogP contribution in [0.4, 0.5) is 0 Å². The van der Waals surface area contributed by atoms with Crippen molar-refractivity contribution >= 4 is 30.9 Å². The molecule has 1 unspecified atom stereocenters. The number of carbonyl (C=O) groups is 2. The fourth-order valence-corrected chi connectivity index (χ4v) is 3.17. The van der Waals surface area contributed by atoms with E-state index in [0.717, 1.165) is 38.2 Å². The molecule has 0 aliphatic carbocycles. The zero-order valence-electron chi connectivity index (χ0n) is 11.3. The van der Waals surface area contributed by atoms with E-state index < -0.39 is 11.9 Å². The van der Waals surface area contributed by atoms with Crippen LogP contribution in [0.25, 0.3) is 0 Å². The third kappa shape index (κ3) is 2.52. The van der Waals surface area contributed by atoms with Crippen LogP contribution in [0, 0.1) is 5.92 Å². The average Bonchev–Trinajstić information content (AvgIpc) is 2.76. The van der Waals surface area contributed by atoms with E-state index in [4.69, 9.17) is 10.3 Å². The summed E-state index contributed by atoms with van der Waals surface area (Å²) in [4.78, 5) is 25.7. The molecule has 18 heavy (non-hydrogen) atoms. The molecule has 0 aromatic rings. The van der Waals surface area contributed by atoms with Crippen LogP contribution in [0.3, 0.4) is 0 Å². The molecule has 99 valence electrons. The Kier molecular flexibility index (Phi) is 4.10. The SMILES string of the molecule is [3H][B]SOC[C@H]1CCC[C@@H]2CC(C(=O)OC)C(=O)N12. The largest absolute Gasteiger partial charge is 0.468 e. The van der Waals surface area contributed by atoms with Gasteiger partial charge >= 0.3 is 5.97 Å². The molecule has 0 aromatic heterocycles. The van der Waals surface area contributed by atoms with E-state index in [-0.39, 0.29) is 18.0 Å². The van der Waals surface area contributed by atoms with Crippen molar-refractivity contribution in [3.63, 3.8) is 0 Å². The summed E-state index contributed by atoms with van der Waals surface area (Å²) in [6, 6.07) is 0.136. The van der Waals surface area contributed by atoms with Gasteiger partial charge in [0.1, 0.15) is 5.92 Å². The van der Waals surface area contributed by atoms with Gasteiger partial charge in [-0.1, -0.05) is 11.9 Å². The van der Waals surface area contributed by atoms with E-state index in [9.17, 15) is 9.59 Å². The summed E-state index contributed by atoms with van der Waals surface area (Å²) in [6.45, 7) is 0.399. The average molecular weight is 272 g/mol. The van der Waals surface area contributed by atoms with Crippen LogP contribution in [0.2, 0.25) is 0 Å². The Morgan fingerprint density at radius 2 is 2.50 bits per heavy atom. The first kappa shape index (κ1) is 12.4. The lowest BCUT2D eigenvalue weighted by Crippen LogP contribution is -2.47. The zero-order chi connectivity index (χ0) is 13.8. The van der Waals surface area contributed by atoms with E-state index in [1.54, 1.807) is 4.90 Å². The summed E-state index contributed by atoms with van der Waals surface area (Å²) in [5.41, 5.74) is 0. The molecular formula is C11H17BNO4S. The number of fused-ring (bicyclic) bond motifs is 1. The Balaban J connectivity index is 2.01. The van der Waals surface area contributed by atoms with Crippen molar-refractivity contribution in [2.75, 3.05) is 13.7 Å². The van der Waals surface area contributed by atoms with Gasteiger partial charge in [0.15, 0.2) is 0 Å². The van der Waals surface area contributed by atoms with Crippen LogP contribution in [-0.2, 0) is 18.5 Å². The minimum atomic E-state index is -0.647. The molecule has 7 heteroatoms. The maximum atomic E-state index is 12.3. The number of esters is 1. The van der Waals surface area contributed by atoms with E-state index in [1.807, 2.05) is 0 Å². The summed E-state index contributed by atoms with van der Waals surface area (Å²) in [5.74, 6) is -1.22. The molecule has 0 aromatic carbocycles. The Morgan fingerprint density at radius 1 is 1.67 bits per heavy atom. The van der Waals surface area contributed by atoms with Crippen molar-refractivity contribution in [1.82, 2.24) is 4.90 Å². The number of hydrogen-bond donors (Lipinski definition) is 0. The molecule has 0 spiro atoms. The van der Waals surface area contributed by atoms with E-state index in [1.165, 1.54) is 7.11 Å². The molecular weight excluding hydrogens is 253 g/mol. The van der Waals surface area contributed by atoms with E-state index in [2.05, 4.69) is 0 Å². The first-order valence-corrected chi connectivity index (χ1v) is 6.87. The molecule has 0 bridgehead atoms. The van der Waals surface area contributed by atoms with Crippen molar-refractivity contribution in [3.05, 3.63) is 0 Å². The number of nitrogens with zero attached hydrogens (tertiary/aromatic N) is 1. The van der Waals surface area contributed by atoms with Crippen LogP contribution < -0.4 is 0 Å². The third-order valence-electron chi connectivity index (χ3n) is 3.74. The van der Waals surface area contributed by atoms with Gasteiger partial charge in [0.05, 0.1) is 19.8 Å². The molecule has 1 radical (unpaired) electrons. The predicted octanol–water partition coefficient (Wildman–Crippen LogP) is 0.410. The van der Waals surface area contributed by atoms with Gasteiger partial charge in [0, 0.05) is 6.04 Å². The Morgan fingerprint density at radius 3 is 3.22 bits per heavy atom. The third-order valence-corrected chi connectivity index (χ3v) is 4.01. The molecule has 2 fully saturated rings. The molecule has 2 aliphatic heterocycles.